The van der Waals surface area contributed by atoms with Crippen molar-refractivity contribution in [1.82, 2.24) is 0 Å². The van der Waals surface area contributed by atoms with Crippen LogP contribution >= 0.6 is 0 Å². The molecule has 0 fully saturated rings. The second kappa shape index (κ2) is 3.93. The van der Waals surface area contributed by atoms with E-state index in [1.165, 1.54) is 22.8 Å². The molecule has 1 atom stereocenters. The molecular formula is C14H17N. The Bertz CT molecular complexity index is 474. The van der Waals surface area contributed by atoms with Crippen LogP contribution in [0.15, 0.2) is 36.4 Å². The molecule has 2 aromatic carbocycles. The molecular weight excluding hydrogens is 182 g/mol. The topological polar surface area (TPSA) is 26.0 Å². The van der Waals surface area contributed by atoms with Crippen LogP contribution in [0.3, 0.4) is 0 Å². The van der Waals surface area contributed by atoms with E-state index in [2.05, 4.69) is 38.1 Å². The van der Waals surface area contributed by atoms with E-state index >= 15 is 0 Å². The maximum Gasteiger partial charge on any atom is 0.0320 e. The van der Waals surface area contributed by atoms with Crippen LogP contribution in [0, 0.1) is 0 Å². The number of nitrogen functional groups attached to an aromatic ring is 1. The van der Waals surface area contributed by atoms with E-state index in [-0.39, 0.29) is 0 Å². The van der Waals surface area contributed by atoms with Gasteiger partial charge in [0.25, 0.3) is 0 Å². The van der Waals surface area contributed by atoms with Crippen molar-refractivity contribution in [1.29, 1.82) is 0 Å². The average Bonchev–Trinajstić information content (AvgIpc) is 2.27. The molecule has 0 aliphatic carbocycles. The normalized spacial score (nSPS) is 12.9. The third-order valence-corrected chi connectivity index (χ3v) is 3.07. The van der Waals surface area contributed by atoms with E-state index in [0.29, 0.717) is 5.92 Å². The summed E-state index contributed by atoms with van der Waals surface area (Å²) in [5.41, 5.74) is 7.99. The van der Waals surface area contributed by atoms with Crippen molar-refractivity contribution in [2.24, 2.45) is 0 Å². The summed E-state index contributed by atoms with van der Waals surface area (Å²) in [6, 6.07) is 12.7. The first-order chi connectivity index (χ1) is 7.20. The molecule has 0 radical (unpaired) electrons. The van der Waals surface area contributed by atoms with Crippen LogP contribution in [0.25, 0.3) is 10.8 Å². The molecule has 2 N–H and O–H groups in total. The summed E-state index contributed by atoms with van der Waals surface area (Å²) in [6.07, 6.45) is 1.18. The number of nitrogens with two attached hydrogens (primary N) is 1. The second-order valence-corrected chi connectivity index (χ2v) is 4.18. The van der Waals surface area contributed by atoms with Crippen molar-refractivity contribution < 1.29 is 0 Å². The summed E-state index contributed by atoms with van der Waals surface area (Å²) < 4.78 is 0. The van der Waals surface area contributed by atoms with Gasteiger partial charge in [0.2, 0.25) is 0 Å². The van der Waals surface area contributed by atoms with E-state index in [1.54, 1.807) is 0 Å². The number of hydrogen-bond donors (Lipinski definition) is 1. The van der Waals surface area contributed by atoms with Crippen molar-refractivity contribution >= 4 is 16.5 Å². The van der Waals surface area contributed by atoms with Crippen LogP contribution < -0.4 is 5.73 Å². The van der Waals surface area contributed by atoms with Crippen molar-refractivity contribution in [3.63, 3.8) is 0 Å². The van der Waals surface area contributed by atoms with Crippen molar-refractivity contribution in [3.05, 3.63) is 42.0 Å². The standard InChI is InChI=1S/C14H17N/c1-3-10(2)11-4-5-13-9-14(15)7-6-12(13)8-11/h4-10H,3,15H2,1-2H3. The zero-order valence-corrected chi connectivity index (χ0v) is 9.33. The fourth-order valence-corrected chi connectivity index (χ4v) is 1.82. The van der Waals surface area contributed by atoms with Gasteiger partial charge in [0.15, 0.2) is 0 Å². The average molecular weight is 199 g/mol. The van der Waals surface area contributed by atoms with E-state index in [4.69, 9.17) is 5.73 Å². The lowest BCUT2D eigenvalue weighted by Crippen LogP contribution is -1.91. The molecule has 78 valence electrons. The van der Waals surface area contributed by atoms with Gasteiger partial charge in [0.1, 0.15) is 0 Å². The molecule has 0 amide bonds. The first kappa shape index (κ1) is 10.0. The molecule has 0 heterocycles. The van der Waals surface area contributed by atoms with Gasteiger partial charge in [-0.05, 0) is 40.8 Å². The lowest BCUT2D eigenvalue weighted by atomic mass is 9.96. The molecule has 0 spiro atoms. The van der Waals surface area contributed by atoms with E-state index in [9.17, 15) is 0 Å². The summed E-state index contributed by atoms with van der Waals surface area (Å²) in [7, 11) is 0. The summed E-state index contributed by atoms with van der Waals surface area (Å²) in [4.78, 5) is 0. The fraction of sp³-hybridized carbons (Fsp3) is 0.286. The Labute approximate surface area is 90.9 Å². The highest BCUT2D eigenvalue weighted by atomic mass is 14.5. The molecule has 1 heteroatoms. The minimum Gasteiger partial charge on any atom is -0.399 e. The maximum atomic E-state index is 5.75. The van der Waals surface area contributed by atoms with E-state index in [1.807, 2.05) is 12.1 Å². The van der Waals surface area contributed by atoms with Gasteiger partial charge >= 0.3 is 0 Å². The largest absolute Gasteiger partial charge is 0.399 e. The minimum absolute atomic E-state index is 0.631. The quantitative estimate of drug-likeness (QED) is 0.728. The SMILES string of the molecule is CCC(C)c1ccc2cc(N)ccc2c1. The van der Waals surface area contributed by atoms with Gasteiger partial charge in [0.05, 0.1) is 0 Å². The molecule has 0 aliphatic heterocycles. The third kappa shape index (κ3) is 1.96. The number of benzene rings is 2. The van der Waals surface area contributed by atoms with Crippen LogP contribution in [0.5, 0.6) is 0 Å². The monoisotopic (exact) mass is 199 g/mol. The zero-order chi connectivity index (χ0) is 10.8. The molecule has 2 aromatic rings. The maximum absolute atomic E-state index is 5.75. The smallest absolute Gasteiger partial charge is 0.0320 e. The Morgan fingerprint density at radius 2 is 1.73 bits per heavy atom. The zero-order valence-electron chi connectivity index (χ0n) is 9.33. The minimum atomic E-state index is 0.631. The number of rotatable bonds is 2. The van der Waals surface area contributed by atoms with Gasteiger partial charge in [-0.1, -0.05) is 38.1 Å². The van der Waals surface area contributed by atoms with E-state index in [0.717, 1.165) is 5.69 Å². The highest BCUT2D eigenvalue weighted by Gasteiger charge is 2.03. The van der Waals surface area contributed by atoms with Crippen molar-refractivity contribution in [2.75, 3.05) is 5.73 Å². The molecule has 0 saturated heterocycles. The van der Waals surface area contributed by atoms with Crippen LogP contribution in [0.2, 0.25) is 0 Å². The first-order valence-electron chi connectivity index (χ1n) is 5.50. The number of anilines is 1. The Morgan fingerprint density at radius 1 is 1.07 bits per heavy atom. The summed E-state index contributed by atoms with van der Waals surface area (Å²) in [5.74, 6) is 0.631. The predicted octanol–water partition coefficient (Wildman–Crippen LogP) is 3.94. The van der Waals surface area contributed by atoms with Crippen molar-refractivity contribution in [2.45, 2.75) is 26.2 Å². The summed E-state index contributed by atoms with van der Waals surface area (Å²) in [6.45, 7) is 4.48. The Balaban J connectivity index is 2.52. The van der Waals surface area contributed by atoms with Gasteiger partial charge in [-0.25, -0.2) is 0 Å². The van der Waals surface area contributed by atoms with Gasteiger partial charge in [-0.15, -0.1) is 0 Å². The molecule has 15 heavy (non-hydrogen) atoms. The van der Waals surface area contributed by atoms with Gasteiger partial charge in [-0.3, -0.25) is 0 Å². The summed E-state index contributed by atoms with van der Waals surface area (Å²) in [5, 5.41) is 2.50. The van der Waals surface area contributed by atoms with E-state index < -0.39 is 0 Å². The Hall–Kier alpha value is -1.50. The first-order valence-corrected chi connectivity index (χ1v) is 5.50. The molecule has 0 aliphatic rings. The molecule has 0 saturated carbocycles. The second-order valence-electron chi connectivity index (χ2n) is 4.18. The molecule has 0 bridgehead atoms. The number of fused-ring (bicyclic) bond motifs is 1. The van der Waals surface area contributed by atoms with Gasteiger partial charge < -0.3 is 5.73 Å². The highest BCUT2D eigenvalue weighted by molar-refractivity contribution is 5.86. The number of hydrogen-bond acceptors (Lipinski definition) is 1. The Morgan fingerprint density at radius 3 is 2.47 bits per heavy atom. The van der Waals surface area contributed by atoms with Crippen molar-refractivity contribution in [3.8, 4) is 0 Å². The molecule has 1 nitrogen and oxygen atoms in total. The van der Waals surface area contributed by atoms with Crippen LogP contribution in [-0.2, 0) is 0 Å². The molecule has 0 aromatic heterocycles. The lowest BCUT2D eigenvalue weighted by Gasteiger charge is -2.10. The van der Waals surface area contributed by atoms with Gasteiger partial charge in [0, 0.05) is 5.69 Å². The highest BCUT2D eigenvalue weighted by Crippen LogP contribution is 2.24. The molecule has 1 unspecified atom stereocenters. The fourth-order valence-electron chi connectivity index (χ4n) is 1.82. The predicted molar refractivity (Wildman–Crippen MR) is 67.1 cm³/mol. The van der Waals surface area contributed by atoms with Gasteiger partial charge in [-0.2, -0.15) is 0 Å². The lowest BCUT2D eigenvalue weighted by molar-refractivity contribution is 0.735. The Kier molecular flexibility index (Phi) is 2.63. The molecule has 2 rings (SSSR count). The van der Waals surface area contributed by atoms with Crippen LogP contribution in [0.4, 0.5) is 5.69 Å². The third-order valence-electron chi connectivity index (χ3n) is 3.07. The summed E-state index contributed by atoms with van der Waals surface area (Å²) >= 11 is 0. The van der Waals surface area contributed by atoms with Crippen LogP contribution in [0.1, 0.15) is 31.7 Å². The van der Waals surface area contributed by atoms with Crippen LogP contribution in [-0.4, -0.2) is 0 Å².